The maximum atomic E-state index is 11.2. The van der Waals surface area contributed by atoms with Crippen molar-refractivity contribution < 1.29 is 23.7 Å². The van der Waals surface area contributed by atoms with Gasteiger partial charge in [0.05, 0.1) is 20.3 Å². The summed E-state index contributed by atoms with van der Waals surface area (Å²) in [4.78, 5) is 11.2. The van der Waals surface area contributed by atoms with Gasteiger partial charge in [0, 0.05) is 6.54 Å². The van der Waals surface area contributed by atoms with Gasteiger partial charge in [-0.25, -0.2) is 0 Å². The van der Waals surface area contributed by atoms with E-state index < -0.39 is 0 Å². The molecule has 1 aromatic carbocycles. The van der Waals surface area contributed by atoms with Crippen LogP contribution < -0.4 is 19.5 Å². The van der Waals surface area contributed by atoms with Crippen LogP contribution in [-0.2, 0) is 16.1 Å². The molecule has 1 aliphatic heterocycles. The fourth-order valence-electron chi connectivity index (χ4n) is 1.95. The SMILES string of the molecule is CCOC(=O)CNCc1cc(OC)c2c(c1)OCCO2. The summed E-state index contributed by atoms with van der Waals surface area (Å²) in [5.41, 5.74) is 0.954. The number of nitrogens with one attached hydrogen (secondary N) is 1. The summed E-state index contributed by atoms with van der Waals surface area (Å²) in [5.74, 6) is 1.67. The highest BCUT2D eigenvalue weighted by atomic mass is 16.6. The number of hydrogen-bond donors (Lipinski definition) is 1. The van der Waals surface area contributed by atoms with Crippen LogP contribution in [0.2, 0.25) is 0 Å². The third-order valence-electron chi connectivity index (χ3n) is 2.79. The van der Waals surface area contributed by atoms with Crippen LogP contribution in [0.1, 0.15) is 12.5 Å². The van der Waals surface area contributed by atoms with Gasteiger partial charge in [0.1, 0.15) is 13.2 Å². The predicted octanol–water partition coefficient (Wildman–Crippen LogP) is 1.12. The van der Waals surface area contributed by atoms with E-state index in [2.05, 4.69) is 5.32 Å². The summed E-state index contributed by atoms with van der Waals surface area (Å²) in [7, 11) is 1.59. The summed E-state index contributed by atoms with van der Waals surface area (Å²) in [6.45, 7) is 3.90. The van der Waals surface area contributed by atoms with Crippen molar-refractivity contribution in [3.63, 3.8) is 0 Å². The number of esters is 1. The minimum absolute atomic E-state index is 0.171. The second-order valence-corrected chi connectivity index (χ2v) is 4.23. The van der Waals surface area contributed by atoms with E-state index in [9.17, 15) is 4.79 Å². The molecule has 0 aliphatic carbocycles. The third-order valence-corrected chi connectivity index (χ3v) is 2.79. The van der Waals surface area contributed by atoms with Crippen molar-refractivity contribution in [2.45, 2.75) is 13.5 Å². The summed E-state index contributed by atoms with van der Waals surface area (Å²) < 4.78 is 21.2. The zero-order valence-electron chi connectivity index (χ0n) is 11.7. The lowest BCUT2D eigenvalue weighted by molar-refractivity contribution is -0.142. The van der Waals surface area contributed by atoms with E-state index in [1.807, 2.05) is 12.1 Å². The largest absolute Gasteiger partial charge is 0.493 e. The molecule has 110 valence electrons. The molecule has 1 aromatic rings. The Balaban J connectivity index is 2.00. The zero-order valence-corrected chi connectivity index (χ0v) is 11.7. The molecule has 0 saturated carbocycles. The normalized spacial score (nSPS) is 12.9. The van der Waals surface area contributed by atoms with E-state index in [1.54, 1.807) is 14.0 Å². The molecule has 20 heavy (non-hydrogen) atoms. The van der Waals surface area contributed by atoms with Gasteiger partial charge in [-0.15, -0.1) is 0 Å². The van der Waals surface area contributed by atoms with E-state index in [4.69, 9.17) is 18.9 Å². The number of ether oxygens (including phenoxy) is 4. The van der Waals surface area contributed by atoms with Crippen LogP contribution in [0, 0.1) is 0 Å². The van der Waals surface area contributed by atoms with Gasteiger partial charge in [0.15, 0.2) is 11.5 Å². The summed E-state index contributed by atoms with van der Waals surface area (Å²) in [6, 6.07) is 3.75. The van der Waals surface area contributed by atoms with E-state index in [1.165, 1.54) is 0 Å². The van der Waals surface area contributed by atoms with Gasteiger partial charge in [0.25, 0.3) is 0 Å². The maximum Gasteiger partial charge on any atom is 0.319 e. The molecule has 2 rings (SSSR count). The first kappa shape index (κ1) is 14.5. The quantitative estimate of drug-likeness (QED) is 0.788. The molecule has 0 atom stereocenters. The molecule has 6 nitrogen and oxygen atoms in total. The highest BCUT2D eigenvalue weighted by molar-refractivity contribution is 5.71. The molecular formula is C14H19NO5. The van der Waals surface area contributed by atoms with Crippen molar-refractivity contribution in [1.82, 2.24) is 5.32 Å². The fourth-order valence-corrected chi connectivity index (χ4v) is 1.95. The Hall–Kier alpha value is -1.95. The molecule has 1 N–H and O–H groups in total. The molecule has 6 heteroatoms. The third kappa shape index (κ3) is 3.54. The Labute approximate surface area is 118 Å². The van der Waals surface area contributed by atoms with Crippen LogP contribution in [0.5, 0.6) is 17.2 Å². The Morgan fingerprint density at radius 1 is 1.35 bits per heavy atom. The van der Waals surface area contributed by atoms with Gasteiger partial charge in [-0.2, -0.15) is 0 Å². The number of carbonyl (C=O) groups excluding carboxylic acids is 1. The molecular weight excluding hydrogens is 262 g/mol. The monoisotopic (exact) mass is 281 g/mol. The zero-order chi connectivity index (χ0) is 14.4. The highest BCUT2D eigenvalue weighted by Crippen LogP contribution is 2.40. The van der Waals surface area contributed by atoms with Gasteiger partial charge in [-0.1, -0.05) is 0 Å². The Bertz CT molecular complexity index is 458. The van der Waals surface area contributed by atoms with Crippen LogP contribution in [0.25, 0.3) is 0 Å². The number of hydrogen-bond acceptors (Lipinski definition) is 6. The van der Waals surface area contributed by atoms with Crippen LogP contribution in [0.3, 0.4) is 0 Å². The maximum absolute atomic E-state index is 11.2. The van der Waals surface area contributed by atoms with Crippen molar-refractivity contribution in [1.29, 1.82) is 0 Å². The second-order valence-electron chi connectivity index (χ2n) is 4.23. The smallest absolute Gasteiger partial charge is 0.319 e. The van der Waals surface area contributed by atoms with E-state index in [0.29, 0.717) is 43.6 Å². The van der Waals surface area contributed by atoms with Crippen LogP contribution in [-0.4, -0.2) is 39.4 Å². The molecule has 0 spiro atoms. The molecule has 0 saturated heterocycles. The first-order valence-corrected chi connectivity index (χ1v) is 6.57. The summed E-state index contributed by atoms with van der Waals surface area (Å²) >= 11 is 0. The highest BCUT2D eigenvalue weighted by Gasteiger charge is 2.18. The lowest BCUT2D eigenvalue weighted by atomic mass is 10.1. The molecule has 1 aliphatic rings. The van der Waals surface area contributed by atoms with Gasteiger partial charge in [-0.3, -0.25) is 4.79 Å². The lowest BCUT2D eigenvalue weighted by Crippen LogP contribution is -2.24. The Morgan fingerprint density at radius 3 is 2.90 bits per heavy atom. The standard InChI is InChI=1S/C14H19NO5/c1-3-18-13(16)9-15-8-10-6-11(17-2)14-12(7-10)19-4-5-20-14/h6-7,15H,3-5,8-9H2,1-2H3. The Morgan fingerprint density at radius 2 is 2.15 bits per heavy atom. The predicted molar refractivity (Wildman–Crippen MR) is 72.3 cm³/mol. The molecule has 0 aromatic heterocycles. The molecule has 0 bridgehead atoms. The second kappa shape index (κ2) is 7.00. The number of benzene rings is 1. The lowest BCUT2D eigenvalue weighted by Gasteiger charge is -2.21. The number of rotatable bonds is 6. The topological polar surface area (TPSA) is 66.0 Å². The van der Waals surface area contributed by atoms with Gasteiger partial charge in [0.2, 0.25) is 5.75 Å². The van der Waals surface area contributed by atoms with E-state index >= 15 is 0 Å². The molecule has 0 unspecified atom stereocenters. The van der Waals surface area contributed by atoms with Crippen molar-refractivity contribution in [3.05, 3.63) is 17.7 Å². The molecule has 0 fully saturated rings. The van der Waals surface area contributed by atoms with E-state index in [-0.39, 0.29) is 12.5 Å². The minimum atomic E-state index is -0.267. The van der Waals surface area contributed by atoms with Crippen molar-refractivity contribution >= 4 is 5.97 Å². The van der Waals surface area contributed by atoms with Gasteiger partial charge < -0.3 is 24.3 Å². The van der Waals surface area contributed by atoms with E-state index in [0.717, 1.165) is 5.56 Å². The first-order chi connectivity index (χ1) is 9.74. The Kier molecular flexibility index (Phi) is 5.06. The average Bonchev–Trinajstić information content (AvgIpc) is 2.46. The van der Waals surface area contributed by atoms with Crippen LogP contribution >= 0.6 is 0 Å². The fraction of sp³-hybridized carbons (Fsp3) is 0.500. The minimum Gasteiger partial charge on any atom is -0.493 e. The van der Waals surface area contributed by atoms with Crippen LogP contribution in [0.15, 0.2) is 12.1 Å². The number of methoxy groups -OCH3 is 1. The van der Waals surface area contributed by atoms with Crippen molar-refractivity contribution in [2.75, 3.05) is 33.5 Å². The molecule has 0 radical (unpaired) electrons. The molecule has 0 amide bonds. The number of carbonyl (C=O) groups is 1. The van der Waals surface area contributed by atoms with Gasteiger partial charge >= 0.3 is 5.97 Å². The average molecular weight is 281 g/mol. The van der Waals surface area contributed by atoms with Crippen molar-refractivity contribution in [3.8, 4) is 17.2 Å². The summed E-state index contributed by atoms with van der Waals surface area (Å²) in [6.07, 6.45) is 0. The summed E-state index contributed by atoms with van der Waals surface area (Å²) in [5, 5.41) is 3.02. The van der Waals surface area contributed by atoms with Crippen LogP contribution in [0.4, 0.5) is 0 Å². The van der Waals surface area contributed by atoms with Crippen molar-refractivity contribution in [2.24, 2.45) is 0 Å². The number of fused-ring (bicyclic) bond motifs is 1. The first-order valence-electron chi connectivity index (χ1n) is 6.57. The molecule has 1 heterocycles. The van der Waals surface area contributed by atoms with Gasteiger partial charge in [-0.05, 0) is 24.6 Å².